The lowest BCUT2D eigenvalue weighted by Crippen LogP contribution is -2.59. The summed E-state index contributed by atoms with van der Waals surface area (Å²) in [7, 11) is 0. The Morgan fingerprint density at radius 3 is 2.00 bits per heavy atom. The van der Waals surface area contributed by atoms with Crippen molar-refractivity contribution in [2.45, 2.75) is 64.8 Å². The van der Waals surface area contributed by atoms with E-state index < -0.39 is 54.6 Å². The van der Waals surface area contributed by atoms with Crippen LogP contribution < -0.4 is 0 Å². The maximum absolute atomic E-state index is 13.4. The molecule has 1 aromatic heterocycles. The number of benzene rings is 2. The Morgan fingerprint density at radius 1 is 0.786 bits per heavy atom. The molecule has 1 fully saturated rings. The van der Waals surface area contributed by atoms with E-state index in [1.54, 1.807) is 30.3 Å². The number of carbonyl (C=O) groups is 4. The number of esters is 4. The molecule has 0 saturated carbocycles. The molecule has 1 aliphatic rings. The van der Waals surface area contributed by atoms with Gasteiger partial charge in [0.25, 0.3) is 0 Å². The van der Waals surface area contributed by atoms with E-state index in [0.717, 1.165) is 36.1 Å². The molecule has 0 spiro atoms. The highest BCUT2D eigenvalue weighted by atomic mass is 35.5. The first-order valence-electron chi connectivity index (χ1n) is 12.9. The number of halogens is 2. The highest BCUT2D eigenvalue weighted by Crippen LogP contribution is 2.39. The minimum atomic E-state index is -1.48. The SMILES string of the molecule is CC(=O)O[C@H]1OC(c2ccc(Cl)c(Cc3ccc(-c4ccc(F)cc4)s3)c2)[C@H](OC(C)=O)[C@@H](OC(C)=O)[C@@H]1OC(C)=O. The molecule has 1 saturated heterocycles. The molecule has 0 aliphatic carbocycles. The summed E-state index contributed by atoms with van der Waals surface area (Å²) in [5.74, 6) is -3.28. The number of hydrogen-bond acceptors (Lipinski definition) is 10. The summed E-state index contributed by atoms with van der Waals surface area (Å²) in [5, 5.41) is 0.459. The number of rotatable bonds is 8. The normalized spacial score (nSPS) is 21.7. The third kappa shape index (κ3) is 7.72. The summed E-state index contributed by atoms with van der Waals surface area (Å²) in [6.45, 7) is 4.58. The van der Waals surface area contributed by atoms with Gasteiger partial charge in [0.2, 0.25) is 12.4 Å². The molecular weight excluding hydrogens is 591 g/mol. The van der Waals surface area contributed by atoms with Crippen molar-refractivity contribution in [1.82, 2.24) is 0 Å². The van der Waals surface area contributed by atoms with Gasteiger partial charge in [0.05, 0.1) is 0 Å². The summed E-state index contributed by atoms with van der Waals surface area (Å²) < 4.78 is 41.1. The summed E-state index contributed by atoms with van der Waals surface area (Å²) >= 11 is 8.08. The van der Waals surface area contributed by atoms with Crippen molar-refractivity contribution in [3.8, 4) is 10.4 Å². The van der Waals surface area contributed by atoms with Gasteiger partial charge in [-0.3, -0.25) is 19.2 Å². The summed E-state index contributed by atoms with van der Waals surface area (Å²) in [4.78, 5) is 50.0. The van der Waals surface area contributed by atoms with Gasteiger partial charge >= 0.3 is 23.9 Å². The fraction of sp³-hybridized carbons (Fsp3) is 0.333. The number of ether oxygens (including phenoxy) is 5. The lowest BCUT2D eigenvalue weighted by molar-refractivity contribution is -0.298. The van der Waals surface area contributed by atoms with Crippen LogP contribution in [0.5, 0.6) is 0 Å². The minimum Gasteiger partial charge on any atom is -0.455 e. The van der Waals surface area contributed by atoms with E-state index >= 15 is 0 Å². The summed E-state index contributed by atoms with van der Waals surface area (Å²) in [5.41, 5.74) is 2.07. The second kappa shape index (κ2) is 13.5. The van der Waals surface area contributed by atoms with E-state index in [2.05, 4.69) is 0 Å². The van der Waals surface area contributed by atoms with Crippen molar-refractivity contribution >= 4 is 46.8 Å². The first-order valence-corrected chi connectivity index (χ1v) is 14.1. The highest BCUT2D eigenvalue weighted by molar-refractivity contribution is 7.15. The zero-order valence-corrected chi connectivity index (χ0v) is 24.7. The fourth-order valence-corrected chi connectivity index (χ4v) is 5.86. The van der Waals surface area contributed by atoms with Crippen molar-refractivity contribution in [3.05, 3.63) is 81.4 Å². The quantitative estimate of drug-likeness (QED) is 0.237. The third-order valence-corrected chi connectivity index (χ3v) is 7.74. The maximum Gasteiger partial charge on any atom is 0.305 e. The van der Waals surface area contributed by atoms with Crippen LogP contribution in [0.1, 0.15) is 49.8 Å². The number of carbonyl (C=O) groups excluding carboxylic acids is 4. The second-order valence-electron chi connectivity index (χ2n) is 9.56. The Bertz CT molecular complexity index is 1470. The van der Waals surface area contributed by atoms with Crippen molar-refractivity contribution in [1.29, 1.82) is 0 Å². The monoisotopic (exact) mass is 618 g/mol. The molecule has 4 rings (SSSR count). The molecular formula is C30H28ClFO9S. The Labute approximate surface area is 250 Å². The molecule has 222 valence electrons. The van der Waals surface area contributed by atoms with Crippen LogP contribution in [0.25, 0.3) is 10.4 Å². The van der Waals surface area contributed by atoms with Crippen LogP contribution in [0.15, 0.2) is 54.6 Å². The highest BCUT2D eigenvalue weighted by Gasteiger charge is 2.53. The fourth-order valence-electron chi connectivity index (χ4n) is 4.64. The zero-order valence-electron chi connectivity index (χ0n) is 23.1. The molecule has 0 amide bonds. The molecule has 1 aliphatic heterocycles. The largest absolute Gasteiger partial charge is 0.455 e. The van der Waals surface area contributed by atoms with Crippen LogP contribution >= 0.6 is 22.9 Å². The third-order valence-electron chi connectivity index (χ3n) is 6.24. The average Bonchev–Trinajstić information content (AvgIpc) is 3.36. The van der Waals surface area contributed by atoms with Crippen molar-refractivity contribution in [2.24, 2.45) is 0 Å². The first kappa shape index (κ1) is 31.1. The number of hydrogen-bond donors (Lipinski definition) is 0. The van der Waals surface area contributed by atoms with Crippen molar-refractivity contribution in [2.75, 3.05) is 0 Å². The zero-order chi connectivity index (χ0) is 30.6. The Kier molecular flexibility index (Phi) is 9.97. The Balaban J connectivity index is 1.70. The van der Waals surface area contributed by atoms with Gasteiger partial charge in [0.1, 0.15) is 11.9 Å². The van der Waals surface area contributed by atoms with E-state index in [1.807, 2.05) is 12.1 Å². The van der Waals surface area contributed by atoms with Gasteiger partial charge in [-0.1, -0.05) is 35.9 Å². The van der Waals surface area contributed by atoms with Crippen LogP contribution in [0, 0.1) is 5.82 Å². The van der Waals surface area contributed by atoms with E-state index in [4.69, 9.17) is 35.3 Å². The molecule has 2 heterocycles. The Morgan fingerprint density at radius 2 is 1.38 bits per heavy atom. The molecule has 5 atom stereocenters. The predicted molar refractivity (Wildman–Crippen MR) is 150 cm³/mol. The lowest BCUT2D eigenvalue weighted by Gasteiger charge is -2.44. The summed E-state index contributed by atoms with van der Waals surface area (Å²) in [6.07, 6.45) is -6.22. The first-order chi connectivity index (χ1) is 19.9. The topological polar surface area (TPSA) is 114 Å². The van der Waals surface area contributed by atoms with E-state index in [9.17, 15) is 23.6 Å². The lowest BCUT2D eigenvalue weighted by atomic mass is 9.91. The van der Waals surface area contributed by atoms with Crippen LogP contribution in [0.4, 0.5) is 4.39 Å². The summed E-state index contributed by atoms with van der Waals surface area (Å²) in [6, 6.07) is 15.1. The standard InChI is InChI=1S/C30H28ClFO9S/c1-15(33)37-27-26(41-30(40-18(4)36)29(39-17(3)35)28(27)38-16(2)34)20-7-11-24(31)21(13-20)14-23-10-12-25(42-23)19-5-8-22(32)9-6-19/h5-13,26-30H,14H2,1-4H3/t26?,27-,28+,29-,30-/m0/s1. The van der Waals surface area contributed by atoms with E-state index in [0.29, 0.717) is 22.6 Å². The van der Waals surface area contributed by atoms with Crippen LogP contribution in [0.3, 0.4) is 0 Å². The molecule has 0 bridgehead atoms. The van der Waals surface area contributed by atoms with Crippen LogP contribution in [-0.4, -0.2) is 48.5 Å². The molecule has 2 aromatic carbocycles. The Hall–Kier alpha value is -3.80. The van der Waals surface area contributed by atoms with Gasteiger partial charge in [-0.05, 0) is 47.0 Å². The molecule has 9 nitrogen and oxygen atoms in total. The van der Waals surface area contributed by atoms with Gasteiger partial charge in [-0.15, -0.1) is 11.3 Å². The van der Waals surface area contributed by atoms with Crippen LogP contribution in [-0.2, 0) is 49.3 Å². The molecule has 0 N–H and O–H groups in total. The predicted octanol–water partition coefficient (Wildman–Crippen LogP) is 5.55. The maximum atomic E-state index is 13.4. The van der Waals surface area contributed by atoms with Gasteiger partial charge in [-0.25, -0.2) is 4.39 Å². The van der Waals surface area contributed by atoms with Gasteiger partial charge in [-0.2, -0.15) is 0 Å². The van der Waals surface area contributed by atoms with Gasteiger partial charge in [0.15, 0.2) is 12.2 Å². The van der Waals surface area contributed by atoms with Gasteiger partial charge in [0, 0.05) is 48.9 Å². The van der Waals surface area contributed by atoms with Gasteiger partial charge < -0.3 is 23.7 Å². The molecule has 12 heteroatoms. The van der Waals surface area contributed by atoms with E-state index in [-0.39, 0.29) is 5.82 Å². The number of thiophene rings is 1. The minimum absolute atomic E-state index is 0.317. The average molecular weight is 619 g/mol. The molecule has 0 radical (unpaired) electrons. The second-order valence-corrected chi connectivity index (χ2v) is 11.1. The van der Waals surface area contributed by atoms with E-state index in [1.165, 1.54) is 30.4 Å². The van der Waals surface area contributed by atoms with Crippen LogP contribution in [0.2, 0.25) is 5.02 Å². The molecule has 1 unspecified atom stereocenters. The van der Waals surface area contributed by atoms with Crippen molar-refractivity contribution in [3.63, 3.8) is 0 Å². The smallest absolute Gasteiger partial charge is 0.305 e. The van der Waals surface area contributed by atoms with Crippen molar-refractivity contribution < 1.29 is 47.3 Å². The molecule has 42 heavy (non-hydrogen) atoms. The molecule has 3 aromatic rings.